The predicted octanol–water partition coefficient (Wildman–Crippen LogP) is 2.80. The van der Waals surface area contributed by atoms with Gasteiger partial charge in [-0.2, -0.15) is 0 Å². The fourth-order valence-corrected chi connectivity index (χ4v) is 2.93. The van der Waals surface area contributed by atoms with Gasteiger partial charge in [-0.15, -0.1) is 0 Å². The fraction of sp³-hybridized carbons (Fsp3) is 0.444. The van der Waals surface area contributed by atoms with Gasteiger partial charge >= 0.3 is 0 Å². The van der Waals surface area contributed by atoms with E-state index < -0.39 is 0 Å². The molecule has 5 nitrogen and oxygen atoms in total. The Morgan fingerprint density at radius 1 is 1.22 bits per heavy atom. The van der Waals surface area contributed by atoms with Gasteiger partial charge in [0.15, 0.2) is 0 Å². The number of aryl methyl sites for hydroxylation is 1. The van der Waals surface area contributed by atoms with Crippen LogP contribution in [0.25, 0.3) is 0 Å². The lowest BCUT2D eigenvalue weighted by molar-refractivity contribution is 0.198. The second-order valence-electron chi connectivity index (χ2n) is 5.87. The molecule has 0 amide bonds. The summed E-state index contributed by atoms with van der Waals surface area (Å²) in [4.78, 5) is 11.4. The zero-order valence-corrected chi connectivity index (χ0v) is 13.9. The summed E-state index contributed by atoms with van der Waals surface area (Å²) in [6, 6.07) is 10.7. The molecular weight excluding hydrogens is 288 g/mol. The van der Waals surface area contributed by atoms with Gasteiger partial charge in [-0.1, -0.05) is 24.3 Å². The van der Waals surface area contributed by atoms with E-state index in [-0.39, 0.29) is 0 Å². The third-order valence-corrected chi connectivity index (χ3v) is 4.11. The topological polar surface area (TPSA) is 50.3 Å². The third kappa shape index (κ3) is 3.99. The summed E-state index contributed by atoms with van der Waals surface area (Å²) in [6.07, 6.45) is 2.03. The molecule has 0 fully saturated rings. The fourth-order valence-electron chi connectivity index (χ4n) is 2.93. The molecule has 1 aliphatic rings. The van der Waals surface area contributed by atoms with Crippen molar-refractivity contribution in [3.63, 3.8) is 0 Å². The van der Waals surface area contributed by atoms with E-state index in [4.69, 9.17) is 4.74 Å². The lowest BCUT2D eigenvalue weighted by Crippen LogP contribution is -2.31. The minimum absolute atomic E-state index is 0.757. The van der Waals surface area contributed by atoms with Gasteiger partial charge in [0.1, 0.15) is 17.5 Å². The highest BCUT2D eigenvalue weighted by molar-refractivity contribution is 5.51. The second kappa shape index (κ2) is 7.42. The van der Waals surface area contributed by atoms with E-state index in [1.54, 1.807) is 7.11 Å². The van der Waals surface area contributed by atoms with Crippen LogP contribution >= 0.6 is 0 Å². The molecule has 1 N–H and O–H groups in total. The van der Waals surface area contributed by atoms with E-state index in [1.165, 1.54) is 11.1 Å². The molecule has 0 atom stereocenters. The summed E-state index contributed by atoms with van der Waals surface area (Å²) in [5.74, 6) is 2.69. The largest absolute Gasteiger partial charge is 0.385 e. The van der Waals surface area contributed by atoms with Gasteiger partial charge in [-0.05, 0) is 30.9 Å². The van der Waals surface area contributed by atoms with Gasteiger partial charge in [0, 0.05) is 39.4 Å². The first kappa shape index (κ1) is 15.7. The molecule has 1 aromatic heterocycles. The SMILES string of the molecule is COCCCNc1cc(N2CCc3ccccc3C2)nc(C)n1. The van der Waals surface area contributed by atoms with Crippen molar-refractivity contribution >= 4 is 11.6 Å². The number of nitrogens with zero attached hydrogens (tertiary/aromatic N) is 3. The molecule has 122 valence electrons. The second-order valence-corrected chi connectivity index (χ2v) is 5.87. The van der Waals surface area contributed by atoms with Crippen molar-refractivity contribution in [3.8, 4) is 0 Å². The summed E-state index contributed by atoms with van der Waals surface area (Å²) in [5, 5.41) is 3.36. The van der Waals surface area contributed by atoms with Crippen molar-refractivity contribution in [1.82, 2.24) is 9.97 Å². The first-order valence-corrected chi connectivity index (χ1v) is 8.16. The van der Waals surface area contributed by atoms with Gasteiger partial charge in [0.05, 0.1) is 0 Å². The maximum absolute atomic E-state index is 5.07. The molecule has 0 radical (unpaired) electrons. The number of ether oxygens (including phenoxy) is 1. The van der Waals surface area contributed by atoms with E-state index in [9.17, 15) is 0 Å². The number of aromatic nitrogens is 2. The molecule has 0 unspecified atom stereocenters. The highest BCUT2D eigenvalue weighted by atomic mass is 16.5. The smallest absolute Gasteiger partial charge is 0.134 e. The number of fused-ring (bicyclic) bond motifs is 1. The minimum atomic E-state index is 0.757. The van der Waals surface area contributed by atoms with Crippen LogP contribution in [0.4, 0.5) is 11.6 Å². The Kier molecular flexibility index (Phi) is 5.08. The Hall–Kier alpha value is -2.14. The average molecular weight is 312 g/mol. The molecule has 3 rings (SSSR count). The van der Waals surface area contributed by atoms with Crippen molar-refractivity contribution < 1.29 is 4.74 Å². The number of methoxy groups -OCH3 is 1. The average Bonchev–Trinajstić information content (AvgIpc) is 2.58. The molecule has 1 aromatic carbocycles. The zero-order chi connectivity index (χ0) is 16.1. The Labute approximate surface area is 137 Å². The first-order valence-electron chi connectivity index (χ1n) is 8.16. The summed E-state index contributed by atoms with van der Waals surface area (Å²) in [5.41, 5.74) is 2.84. The molecule has 0 aliphatic carbocycles. The Morgan fingerprint density at radius 3 is 2.87 bits per heavy atom. The molecule has 0 bridgehead atoms. The van der Waals surface area contributed by atoms with Crippen molar-refractivity contribution in [2.24, 2.45) is 0 Å². The van der Waals surface area contributed by atoms with Crippen molar-refractivity contribution in [1.29, 1.82) is 0 Å². The number of nitrogens with one attached hydrogen (secondary N) is 1. The Morgan fingerprint density at radius 2 is 2.04 bits per heavy atom. The van der Waals surface area contributed by atoms with Crippen LogP contribution < -0.4 is 10.2 Å². The Balaban J connectivity index is 1.71. The molecule has 0 saturated carbocycles. The van der Waals surface area contributed by atoms with Gasteiger partial charge in [0.2, 0.25) is 0 Å². The van der Waals surface area contributed by atoms with Gasteiger partial charge in [-0.25, -0.2) is 9.97 Å². The summed E-state index contributed by atoms with van der Waals surface area (Å²) < 4.78 is 5.07. The minimum Gasteiger partial charge on any atom is -0.385 e. The van der Waals surface area contributed by atoms with Gasteiger partial charge in [-0.3, -0.25) is 0 Å². The maximum Gasteiger partial charge on any atom is 0.134 e. The number of hydrogen-bond donors (Lipinski definition) is 1. The quantitative estimate of drug-likeness (QED) is 0.831. The molecule has 23 heavy (non-hydrogen) atoms. The summed E-state index contributed by atoms with van der Waals surface area (Å²) in [6.45, 7) is 5.47. The summed E-state index contributed by atoms with van der Waals surface area (Å²) >= 11 is 0. The van der Waals surface area contributed by atoms with E-state index >= 15 is 0 Å². The molecule has 1 aliphatic heterocycles. The van der Waals surface area contributed by atoms with E-state index in [0.29, 0.717) is 0 Å². The standard InChI is InChI=1S/C18H24N4O/c1-14-20-17(19-9-5-11-23-2)12-18(21-14)22-10-8-15-6-3-4-7-16(15)13-22/h3-4,6-7,12H,5,8-11,13H2,1-2H3,(H,19,20,21). The summed E-state index contributed by atoms with van der Waals surface area (Å²) in [7, 11) is 1.72. The zero-order valence-electron chi connectivity index (χ0n) is 13.9. The normalized spacial score (nSPS) is 13.7. The van der Waals surface area contributed by atoms with Crippen molar-refractivity contribution in [2.75, 3.05) is 37.0 Å². The van der Waals surface area contributed by atoms with Crippen LogP contribution in [0.15, 0.2) is 30.3 Å². The number of rotatable bonds is 6. The molecule has 2 aromatic rings. The molecule has 0 saturated heterocycles. The Bertz CT molecular complexity index is 659. The third-order valence-electron chi connectivity index (χ3n) is 4.11. The van der Waals surface area contributed by atoms with Crippen LogP contribution in [-0.2, 0) is 17.7 Å². The number of hydrogen-bond acceptors (Lipinski definition) is 5. The number of benzene rings is 1. The van der Waals surface area contributed by atoms with Crippen molar-refractivity contribution in [2.45, 2.75) is 26.3 Å². The monoisotopic (exact) mass is 312 g/mol. The van der Waals surface area contributed by atoms with Crippen molar-refractivity contribution in [3.05, 3.63) is 47.3 Å². The molecule has 5 heteroatoms. The van der Waals surface area contributed by atoms with Crippen LogP contribution in [0, 0.1) is 6.92 Å². The van der Waals surface area contributed by atoms with E-state index in [1.807, 2.05) is 13.0 Å². The van der Waals surface area contributed by atoms with E-state index in [2.05, 4.69) is 44.5 Å². The lowest BCUT2D eigenvalue weighted by atomic mass is 10.00. The first-order chi connectivity index (χ1) is 11.3. The predicted molar refractivity (Wildman–Crippen MR) is 92.9 cm³/mol. The number of anilines is 2. The highest BCUT2D eigenvalue weighted by Gasteiger charge is 2.17. The highest BCUT2D eigenvalue weighted by Crippen LogP contribution is 2.24. The molecule has 0 spiro atoms. The van der Waals surface area contributed by atoms with Crippen LogP contribution in [0.1, 0.15) is 23.4 Å². The van der Waals surface area contributed by atoms with Crippen LogP contribution in [-0.4, -0.2) is 36.8 Å². The van der Waals surface area contributed by atoms with Gasteiger partial charge in [0.25, 0.3) is 0 Å². The van der Waals surface area contributed by atoms with Crippen LogP contribution in [0.2, 0.25) is 0 Å². The lowest BCUT2D eigenvalue weighted by Gasteiger charge is -2.30. The van der Waals surface area contributed by atoms with Crippen LogP contribution in [0.3, 0.4) is 0 Å². The molecule has 2 heterocycles. The van der Waals surface area contributed by atoms with E-state index in [0.717, 1.165) is 56.5 Å². The maximum atomic E-state index is 5.07. The van der Waals surface area contributed by atoms with Crippen LogP contribution in [0.5, 0.6) is 0 Å². The van der Waals surface area contributed by atoms with Gasteiger partial charge < -0.3 is 15.0 Å². The molecular formula is C18H24N4O.